The molecule has 2 aromatic rings. The molecule has 0 aliphatic carbocycles. The van der Waals surface area contributed by atoms with Crippen LogP contribution < -0.4 is 5.73 Å². The van der Waals surface area contributed by atoms with Crippen molar-refractivity contribution in [2.75, 3.05) is 5.73 Å². The lowest BCUT2D eigenvalue weighted by atomic mass is 9.96. The fourth-order valence-corrected chi connectivity index (χ4v) is 2.36. The molecule has 96 valence electrons. The molecule has 1 aromatic carbocycles. The van der Waals surface area contributed by atoms with Crippen LogP contribution in [0.25, 0.3) is 11.3 Å². The molecule has 0 spiro atoms. The smallest absolute Gasteiger partial charge is 0.125 e. The molecule has 1 aromatic heterocycles. The molecule has 2 rings (SSSR count). The minimum atomic E-state index is 0.326. The molecule has 0 fully saturated rings. The minimum Gasteiger partial charge on any atom is -0.384 e. The van der Waals surface area contributed by atoms with Crippen LogP contribution in [-0.4, -0.2) is 9.78 Å². The molecule has 0 unspecified atom stereocenters. The van der Waals surface area contributed by atoms with Crippen LogP contribution in [0.1, 0.15) is 30.9 Å². The van der Waals surface area contributed by atoms with Crippen LogP contribution in [0.5, 0.6) is 0 Å². The molecule has 0 amide bonds. The SMILES string of the molecule is Cc1c(Cl)cccc1-c1nn(C)c(N)c1C(C)C. The first-order valence-electron chi connectivity index (χ1n) is 6.01. The monoisotopic (exact) mass is 263 g/mol. The number of benzene rings is 1. The summed E-state index contributed by atoms with van der Waals surface area (Å²) in [6.45, 7) is 6.25. The Balaban J connectivity index is 2.71. The predicted octanol–water partition coefficient (Wildman–Crippen LogP) is 3.75. The molecule has 0 radical (unpaired) electrons. The summed E-state index contributed by atoms with van der Waals surface area (Å²) in [5.74, 6) is 1.05. The van der Waals surface area contributed by atoms with E-state index in [0.29, 0.717) is 5.92 Å². The van der Waals surface area contributed by atoms with Crippen LogP contribution in [-0.2, 0) is 7.05 Å². The van der Waals surface area contributed by atoms with E-state index in [-0.39, 0.29) is 0 Å². The first-order valence-corrected chi connectivity index (χ1v) is 6.39. The molecule has 0 saturated heterocycles. The molecule has 0 saturated carbocycles. The van der Waals surface area contributed by atoms with E-state index in [1.807, 2.05) is 32.2 Å². The second-order valence-electron chi connectivity index (χ2n) is 4.84. The largest absolute Gasteiger partial charge is 0.384 e. The Kier molecular flexibility index (Phi) is 3.35. The highest BCUT2D eigenvalue weighted by Crippen LogP contribution is 2.35. The highest BCUT2D eigenvalue weighted by molar-refractivity contribution is 6.31. The van der Waals surface area contributed by atoms with Crippen LogP contribution in [0.4, 0.5) is 5.82 Å². The molecular weight excluding hydrogens is 246 g/mol. The van der Waals surface area contributed by atoms with Crippen LogP contribution >= 0.6 is 11.6 Å². The first-order chi connectivity index (χ1) is 8.43. The zero-order valence-corrected chi connectivity index (χ0v) is 11.9. The highest BCUT2D eigenvalue weighted by atomic mass is 35.5. The number of hydrogen-bond acceptors (Lipinski definition) is 2. The van der Waals surface area contributed by atoms with Gasteiger partial charge in [0.15, 0.2) is 0 Å². The van der Waals surface area contributed by atoms with Gasteiger partial charge in [-0.25, -0.2) is 0 Å². The summed E-state index contributed by atoms with van der Waals surface area (Å²) in [7, 11) is 1.87. The quantitative estimate of drug-likeness (QED) is 0.897. The van der Waals surface area contributed by atoms with Gasteiger partial charge in [0, 0.05) is 23.2 Å². The van der Waals surface area contributed by atoms with Gasteiger partial charge < -0.3 is 5.73 Å². The normalized spacial score (nSPS) is 11.2. The second kappa shape index (κ2) is 4.65. The minimum absolute atomic E-state index is 0.326. The highest BCUT2D eigenvalue weighted by Gasteiger charge is 2.19. The van der Waals surface area contributed by atoms with Crippen LogP contribution in [0.3, 0.4) is 0 Å². The summed E-state index contributed by atoms with van der Waals surface area (Å²) < 4.78 is 1.73. The number of halogens is 1. The van der Waals surface area contributed by atoms with Crippen molar-refractivity contribution in [1.29, 1.82) is 0 Å². The van der Waals surface area contributed by atoms with Gasteiger partial charge in [-0.05, 0) is 24.5 Å². The van der Waals surface area contributed by atoms with Gasteiger partial charge in [0.1, 0.15) is 5.82 Å². The van der Waals surface area contributed by atoms with Crippen molar-refractivity contribution in [2.24, 2.45) is 7.05 Å². The van der Waals surface area contributed by atoms with E-state index in [4.69, 9.17) is 17.3 Å². The fraction of sp³-hybridized carbons (Fsp3) is 0.357. The molecule has 3 nitrogen and oxygen atoms in total. The number of aromatic nitrogens is 2. The van der Waals surface area contributed by atoms with E-state index in [9.17, 15) is 0 Å². The van der Waals surface area contributed by atoms with Gasteiger partial charge in [-0.3, -0.25) is 4.68 Å². The lowest BCUT2D eigenvalue weighted by Crippen LogP contribution is -2.00. The van der Waals surface area contributed by atoms with Crippen molar-refractivity contribution in [2.45, 2.75) is 26.7 Å². The molecule has 0 aliphatic heterocycles. The standard InChI is InChI=1S/C14H18ClN3/c1-8(2)12-13(17-18(4)14(12)16)10-6-5-7-11(15)9(10)3/h5-8H,16H2,1-4H3. The lowest BCUT2D eigenvalue weighted by Gasteiger charge is -2.10. The van der Waals surface area contributed by atoms with Crippen LogP contribution in [0.2, 0.25) is 5.02 Å². The van der Waals surface area contributed by atoms with Crippen molar-refractivity contribution >= 4 is 17.4 Å². The van der Waals surface area contributed by atoms with E-state index in [0.717, 1.165) is 33.2 Å². The molecule has 18 heavy (non-hydrogen) atoms. The van der Waals surface area contributed by atoms with E-state index in [2.05, 4.69) is 18.9 Å². The third-order valence-corrected chi connectivity index (χ3v) is 3.64. The zero-order valence-electron chi connectivity index (χ0n) is 11.2. The Labute approximate surface area is 113 Å². The topological polar surface area (TPSA) is 43.8 Å². The number of rotatable bonds is 2. The van der Waals surface area contributed by atoms with Gasteiger partial charge in [0.05, 0.1) is 5.69 Å². The van der Waals surface area contributed by atoms with E-state index in [1.54, 1.807) is 4.68 Å². The van der Waals surface area contributed by atoms with E-state index < -0.39 is 0 Å². The van der Waals surface area contributed by atoms with E-state index in [1.165, 1.54) is 0 Å². The average molecular weight is 264 g/mol. The second-order valence-corrected chi connectivity index (χ2v) is 5.25. The maximum Gasteiger partial charge on any atom is 0.125 e. The summed E-state index contributed by atoms with van der Waals surface area (Å²) in [6.07, 6.45) is 0. The van der Waals surface area contributed by atoms with Gasteiger partial charge in [0.2, 0.25) is 0 Å². The molecule has 4 heteroatoms. The van der Waals surface area contributed by atoms with Crippen molar-refractivity contribution in [3.63, 3.8) is 0 Å². The maximum atomic E-state index is 6.18. The Morgan fingerprint density at radius 3 is 2.61 bits per heavy atom. The molecule has 2 N–H and O–H groups in total. The van der Waals surface area contributed by atoms with E-state index >= 15 is 0 Å². The maximum absolute atomic E-state index is 6.18. The van der Waals surface area contributed by atoms with Crippen molar-refractivity contribution < 1.29 is 0 Å². The number of aryl methyl sites for hydroxylation is 1. The predicted molar refractivity (Wildman–Crippen MR) is 76.9 cm³/mol. The zero-order chi connectivity index (χ0) is 13.4. The van der Waals surface area contributed by atoms with Crippen LogP contribution in [0.15, 0.2) is 18.2 Å². The molecule has 0 atom stereocenters. The first kappa shape index (κ1) is 13.0. The Bertz CT molecular complexity index is 585. The lowest BCUT2D eigenvalue weighted by molar-refractivity contribution is 0.779. The number of anilines is 1. The van der Waals surface area contributed by atoms with Crippen molar-refractivity contribution in [1.82, 2.24) is 9.78 Å². The Hall–Kier alpha value is -1.48. The Morgan fingerprint density at radius 1 is 1.33 bits per heavy atom. The third-order valence-electron chi connectivity index (χ3n) is 3.23. The summed E-state index contributed by atoms with van der Waals surface area (Å²) in [4.78, 5) is 0. The molecule has 0 bridgehead atoms. The number of nitrogens with two attached hydrogens (primary N) is 1. The molecule has 0 aliphatic rings. The Morgan fingerprint density at radius 2 is 2.00 bits per heavy atom. The van der Waals surface area contributed by atoms with Gasteiger partial charge in [0.25, 0.3) is 0 Å². The number of nitrogen functional groups attached to an aromatic ring is 1. The molecule has 1 heterocycles. The average Bonchev–Trinajstić information content (AvgIpc) is 2.59. The van der Waals surface area contributed by atoms with Gasteiger partial charge >= 0.3 is 0 Å². The van der Waals surface area contributed by atoms with Gasteiger partial charge in [-0.1, -0.05) is 37.6 Å². The summed E-state index contributed by atoms with van der Waals surface area (Å²) in [5.41, 5.74) is 10.2. The van der Waals surface area contributed by atoms with Crippen molar-refractivity contribution in [3.8, 4) is 11.3 Å². The summed E-state index contributed by atoms with van der Waals surface area (Å²) in [5, 5.41) is 5.29. The van der Waals surface area contributed by atoms with Gasteiger partial charge in [-0.15, -0.1) is 0 Å². The molecular formula is C14H18ClN3. The summed E-state index contributed by atoms with van der Waals surface area (Å²) >= 11 is 6.18. The summed E-state index contributed by atoms with van der Waals surface area (Å²) in [6, 6.07) is 5.87. The number of hydrogen-bond donors (Lipinski definition) is 1. The van der Waals surface area contributed by atoms with Gasteiger partial charge in [-0.2, -0.15) is 5.10 Å². The third kappa shape index (κ3) is 1.99. The van der Waals surface area contributed by atoms with Crippen LogP contribution in [0, 0.1) is 6.92 Å². The fourth-order valence-electron chi connectivity index (χ4n) is 2.19. The number of nitrogens with zero attached hydrogens (tertiary/aromatic N) is 2. The van der Waals surface area contributed by atoms with Crippen molar-refractivity contribution in [3.05, 3.63) is 34.3 Å².